The van der Waals surface area contributed by atoms with Crippen LogP contribution in [0.25, 0.3) is 11.0 Å². The van der Waals surface area contributed by atoms with Gasteiger partial charge in [-0.15, -0.1) is 0 Å². The van der Waals surface area contributed by atoms with Gasteiger partial charge < -0.3 is 9.88 Å². The molecular formula is C20H23N3. The Kier molecular flexibility index (Phi) is 4.12. The number of nitrogens with one attached hydrogen (secondary N) is 1. The zero-order valence-corrected chi connectivity index (χ0v) is 13.4. The predicted octanol–water partition coefficient (Wildman–Crippen LogP) is 3.63. The highest BCUT2D eigenvalue weighted by Crippen LogP contribution is 2.22. The second kappa shape index (κ2) is 6.55. The van der Waals surface area contributed by atoms with E-state index in [1.165, 1.54) is 29.7 Å². The zero-order chi connectivity index (χ0) is 15.5. The number of rotatable bonds is 4. The topological polar surface area (TPSA) is 29.9 Å². The lowest BCUT2D eigenvalue weighted by molar-refractivity contribution is 0.337. The number of aromatic nitrogens is 2. The van der Waals surface area contributed by atoms with E-state index in [4.69, 9.17) is 4.98 Å². The standard InChI is InChI=1S/C20H23N3/c1-2-7-16(8-3-1)13-20-22-18-10-4-5-11-19(18)23(20)15-17-9-6-12-21-14-17/h1-5,7-8,10-11,17,21H,6,9,12-15H2. The van der Waals surface area contributed by atoms with Gasteiger partial charge in [0.25, 0.3) is 0 Å². The Labute approximate surface area is 137 Å². The van der Waals surface area contributed by atoms with Crippen molar-refractivity contribution in [3.8, 4) is 0 Å². The number of piperidine rings is 1. The highest BCUT2D eigenvalue weighted by Gasteiger charge is 2.18. The molecular weight excluding hydrogens is 282 g/mol. The van der Waals surface area contributed by atoms with E-state index in [0.29, 0.717) is 5.92 Å². The first-order chi connectivity index (χ1) is 11.4. The molecule has 1 aliphatic rings. The number of hydrogen-bond acceptors (Lipinski definition) is 2. The average Bonchev–Trinajstić information content (AvgIpc) is 2.94. The summed E-state index contributed by atoms with van der Waals surface area (Å²) in [4.78, 5) is 4.92. The number of fused-ring (bicyclic) bond motifs is 1. The maximum Gasteiger partial charge on any atom is 0.114 e. The fourth-order valence-corrected chi connectivity index (χ4v) is 3.58. The van der Waals surface area contributed by atoms with Gasteiger partial charge in [-0.05, 0) is 49.5 Å². The molecule has 1 aromatic heterocycles. The van der Waals surface area contributed by atoms with E-state index in [2.05, 4.69) is 64.5 Å². The minimum atomic E-state index is 0.705. The highest BCUT2D eigenvalue weighted by molar-refractivity contribution is 5.76. The minimum Gasteiger partial charge on any atom is -0.327 e. The third-order valence-electron chi connectivity index (χ3n) is 4.78. The molecule has 4 rings (SSSR count). The first kappa shape index (κ1) is 14.5. The molecule has 118 valence electrons. The van der Waals surface area contributed by atoms with Gasteiger partial charge in [0.1, 0.15) is 5.82 Å². The smallest absolute Gasteiger partial charge is 0.114 e. The van der Waals surface area contributed by atoms with Crippen molar-refractivity contribution in [1.82, 2.24) is 14.9 Å². The third-order valence-corrected chi connectivity index (χ3v) is 4.78. The molecule has 0 spiro atoms. The Morgan fingerprint density at radius 2 is 1.87 bits per heavy atom. The van der Waals surface area contributed by atoms with Crippen LogP contribution in [0, 0.1) is 5.92 Å². The molecule has 0 amide bonds. The second-order valence-corrected chi connectivity index (χ2v) is 6.50. The first-order valence-electron chi connectivity index (χ1n) is 8.59. The molecule has 0 bridgehead atoms. The van der Waals surface area contributed by atoms with Crippen LogP contribution < -0.4 is 5.32 Å². The Morgan fingerprint density at radius 3 is 2.70 bits per heavy atom. The Hall–Kier alpha value is -2.13. The SMILES string of the molecule is c1ccc(Cc2nc3ccccc3n2CC2CCCNC2)cc1. The molecule has 1 N–H and O–H groups in total. The van der Waals surface area contributed by atoms with Gasteiger partial charge in [-0.3, -0.25) is 0 Å². The molecule has 1 saturated heterocycles. The number of hydrogen-bond donors (Lipinski definition) is 1. The quantitative estimate of drug-likeness (QED) is 0.798. The van der Waals surface area contributed by atoms with Crippen LogP contribution in [0.4, 0.5) is 0 Å². The summed E-state index contributed by atoms with van der Waals surface area (Å²) in [6.45, 7) is 3.35. The molecule has 3 heteroatoms. The summed E-state index contributed by atoms with van der Waals surface area (Å²) in [6.07, 6.45) is 3.49. The summed E-state index contributed by atoms with van der Waals surface area (Å²) in [7, 11) is 0. The van der Waals surface area contributed by atoms with Crippen LogP contribution >= 0.6 is 0 Å². The summed E-state index contributed by atoms with van der Waals surface area (Å²) in [5.74, 6) is 1.89. The molecule has 1 atom stereocenters. The molecule has 0 aliphatic carbocycles. The van der Waals surface area contributed by atoms with E-state index in [1.54, 1.807) is 0 Å². The highest BCUT2D eigenvalue weighted by atomic mass is 15.1. The maximum atomic E-state index is 4.92. The number of para-hydroxylation sites is 2. The minimum absolute atomic E-state index is 0.705. The van der Waals surface area contributed by atoms with E-state index in [9.17, 15) is 0 Å². The fraction of sp³-hybridized carbons (Fsp3) is 0.350. The van der Waals surface area contributed by atoms with Crippen LogP contribution in [0.15, 0.2) is 54.6 Å². The fourth-order valence-electron chi connectivity index (χ4n) is 3.58. The summed E-state index contributed by atoms with van der Waals surface area (Å²) in [6, 6.07) is 19.2. The van der Waals surface area contributed by atoms with E-state index in [0.717, 1.165) is 31.6 Å². The van der Waals surface area contributed by atoms with Gasteiger partial charge in [0, 0.05) is 13.0 Å². The monoisotopic (exact) mass is 305 g/mol. The molecule has 0 radical (unpaired) electrons. The largest absolute Gasteiger partial charge is 0.327 e. The van der Waals surface area contributed by atoms with Gasteiger partial charge in [0.15, 0.2) is 0 Å². The van der Waals surface area contributed by atoms with Gasteiger partial charge in [0.2, 0.25) is 0 Å². The van der Waals surface area contributed by atoms with Crippen LogP contribution in [0.5, 0.6) is 0 Å². The molecule has 2 aromatic carbocycles. The zero-order valence-electron chi connectivity index (χ0n) is 13.4. The summed E-state index contributed by atoms with van der Waals surface area (Å²) >= 11 is 0. The van der Waals surface area contributed by atoms with Crippen LogP contribution in [0.2, 0.25) is 0 Å². The van der Waals surface area contributed by atoms with Crippen molar-refractivity contribution >= 4 is 11.0 Å². The van der Waals surface area contributed by atoms with Crippen molar-refractivity contribution in [1.29, 1.82) is 0 Å². The van der Waals surface area contributed by atoms with E-state index in [-0.39, 0.29) is 0 Å². The predicted molar refractivity (Wildman–Crippen MR) is 94.6 cm³/mol. The van der Waals surface area contributed by atoms with Crippen LogP contribution in [0.1, 0.15) is 24.2 Å². The van der Waals surface area contributed by atoms with Gasteiger partial charge in [0.05, 0.1) is 11.0 Å². The van der Waals surface area contributed by atoms with Crippen LogP contribution in [-0.2, 0) is 13.0 Å². The van der Waals surface area contributed by atoms with E-state index < -0.39 is 0 Å². The molecule has 23 heavy (non-hydrogen) atoms. The van der Waals surface area contributed by atoms with Crippen molar-refractivity contribution in [2.45, 2.75) is 25.8 Å². The molecule has 1 unspecified atom stereocenters. The number of benzene rings is 2. The molecule has 0 saturated carbocycles. The van der Waals surface area contributed by atoms with Gasteiger partial charge in [-0.1, -0.05) is 42.5 Å². The lowest BCUT2D eigenvalue weighted by Crippen LogP contribution is -2.32. The third kappa shape index (κ3) is 3.15. The van der Waals surface area contributed by atoms with Gasteiger partial charge >= 0.3 is 0 Å². The molecule has 2 heterocycles. The Morgan fingerprint density at radius 1 is 1.04 bits per heavy atom. The van der Waals surface area contributed by atoms with Crippen molar-refractivity contribution < 1.29 is 0 Å². The molecule has 3 aromatic rings. The van der Waals surface area contributed by atoms with Gasteiger partial charge in [-0.2, -0.15) is 0 Å². The van der Waals surface area contributed by atoms with Crippen LogP contribution in [0.3, 0.4) is 0 Å². The average molecular weight is 305 g/mol. The van der Waals surface area contributed by atoms with E-state index in [1.807, 2.05) is 0 Å². The van der Waals surface area contributed by atoms with Crippen molar-refractivity contribution in [2.24, 2.45) is 5.92 Å². The summed E-state index contributed by atoms with van der Waals surface area (Å²) < 4.78 is 2.44. The normalized spacial score (nSPS) is 18.3. The molecule has 3 nitrogen and oxygen atoms in total. The van der Waals surface area contributed by atoms with E-state index >= 15 is 0 Å². The summed E-state index contributed by atoms with van der Waals surface area (Å²) in [5, 5.41) is 3.53. The Balaban J connectivity index is 1.69. The summed E-state index contributed by atoms with van der Waals surface area (Å²) in [5.41, 5.74) is 3.71. The van der Waals surface area contributed by atoms with Gasteiger partial charge in [-0.25, -0.2) is 4.98 Å². The number of imidazole rings is 1. The molecule has 1 fully saturated rings. The second-order valence-electron chi connectivity index (χ2n) is 6.50. The number of nitrogens with zero attached hydrogens (tertiary/aromatic N) is 2. The van der Waals surface area contributed by atoms with Crippen LogP contribution in [-0.4, -0.2) is 22.6 Å². The maximum absolute atomic E-state index is 4.92. The molecule has 1 aliphatic heterocycles. The van der Waals surface area contributed by atoms with Crippen molar-refractivity contribution in [2.75, 3.05) is 13.1 Å². The lowest BCUT2D eigenvalue weighted by Gasteiger charge is -2.24. The lowest BCUT2D eigenvalue weighted by atomic mass is 9.99. The first-order valence-corrected chi connectivity index (χ1v) is 8.59. The Bertz CT molecular complexity index is 770. The van der Waals surface area contributed by atoms with Crippen molar-refractivity contribution in [3.05, 3.63) is 66.0 Å². The van der Waals surface area contributed by atoms with Crippen molar-refractivity contribution in [3.63, 3.8) is 0 Å².